The van der Waals surface area contributed by atoms with Gasteiger partial charge in [-0.15, -0.1) is 0 Å². The first-order valence-electron chi connectivity index (χ1n) is 6.11. The van der Waals surface area contributed by atoms with Gasteiger partial charge < -0.3 is 10.8 Å². The quantitative estimate of drug-likeness (QED) is 0.820. The number of aliphatic hydroxyl groups excluding tert-OH is 1. The third kappa shape index (κ3) is 2.00. The Bertz CT molecular complexity index is 351. The SMILES string of the molecule is Cc1cccc(C)c1[C@@H](N)[C@@H](O)C1CCC1. The van der Waals surface area contributed by atoms with Crippen LogP contribution >= 0.6 is 0 Å². The minimum Gasteiger partial charge on any atom is -0.391 e. The average Bonchev–Trinajstić information content (AvgIpc) is 2.14. The Morgan fingerprint density at radius 3 is 2.25 bits per heavy atom. The van der Waals surface area contributed by atoms with Gasteiger partial charge in [0.1, 0.15) is 0 Å². The summed E-state index contributed by atoms with van der Waals surface area (Å²) in [6, 6.07) is 5.94. The fraction of sp³-hybridized carbons (Fsp3) is 0.571. The molecule has 0 spiro atoms. The van der Waals surface area contributed by atoms with Crippen LogP contribution in [0.4, 0.5) is 0 Å². The van der Waals surface area contributed by atoms with Crippen LogP contribution in [0.25, 0.3) is 0 Å². The van der Waals surface area contributed by atoms with Crippen LogP contribution in [0.1, 0.15) is 42.0 Å². The summed E-state index contributed by atoms with van der Waals surface area (Å²) < 4.78 is 0. The second-order valence-corrected chi connectivity index (χ2v) is 5.01. The summed E-state index contributed by atoms with van der Waals surface area (Å²) in [5, 5.41) is 10.2. The second kappa shape index (κ2) is 4.56. The zero-order valence-electron chi connectivity index (χ0n) is 10.1. The van der Waals surface area contributed by atoms with Crippen molar-refractivity contribution in [1.29, 1.82) is 0 Å². The van der Waals surface area contributed by atoms with Crippen molar-refractivity contribution in [3.8, 4) is 0 Å². The highest BCUT2D eigenvalue weighted by atomic mass is 16.3. The van der Waals surface area contributed by atoms with Crippen molar-refractivity contribution in [3.63, 3.8) is 0 Å². The predicted molar refractivity (Wildman–Crippen MR) is 66.2 cm³/mol. The molecule has 16 heavy (non-hydrogen) atoms. The van der Waals surface area contributed by atoms with Crippen LogP contribution in [-0.2, 0) is 0 Å². The molecular weight excluding hydrogens is 198 g/mol. The largest absolute Gasteiger partial charge is 0.391 e. The highest BCUT2D eigenvalue weighted by molar-refractivity contribution is 5.36. The Morgan fingerprint density at radius 1 is 1.25 bits per heavy atom. The lowest BCUT2D eigenvalue weighted by Crippen LogP contribution is -2.37. The fourth-order valence-electron chi connectivity index (χ4n) is 2.60. The molecule has 0 radical (unpaired) electrons. The van der Waals surface area contributed by atoms with Gasteiger partial charge in [0.05, 0.1) is 12.1 Å². The van der Waals surface area contributed by atoms with Crippen LogP contribution in [0, 0.1) is 19.8 Å². The van der Waals surface area contributed by atoms with Crippen LogP contribution in [0.5, 0.6) is 0 Å². The van der Waals surface area contributed by atoms with E-state index in [9.17, 15) is 5.11 Å². The van der Waals surface area contributed by atoms with E-state index < -0.39 is 0 Å². The normalized spacial score (nSPS) is 20.2. The molecule has 3 N–H and O–H groups in total. The van der Waals surface area contributed by atoms with E-state index in [4.69, 9.17) is 5.73 Å². The molecule has 2 heteroatoms. The lowest BCUT2D eigenvalue weighted by molar-refractivity contribution is 0.0410. The van der Waals surface area contributed by atoms with E-state index in [0.717, 1.165) is 18.4 Å². The number of rotatable bonds is 3. The molecule has 2 atom stereocenters. The molecule has 0 heterocycles. The van der Waals surface area contributed by atoms with Gasteiger partial charge in [0.25, 0.3) is 0 Å². The fourth-order valence-corrected chi connectivity index (χ4v) is 2.60. The van der Waals surface area contributed by atoms with Crippen molar-refractivity contribution < 1.29 is 5.11 Å². The Hall–Kier alpha value is -0.860. The van der Waals surface area contributed by atoms with Gasteiger partial charge in [0.15, 0.2) is 0 Å². The van der Waals surface area contributed by atoms with Gasteiger partial charge in [-0.2, -0.15) is 0 Å². The Labute approximate surface area is 97.5 Å². The summed E-state index contributed by atoms with van der Waals surface area (Å²) in [4.78, 5) is 0. The van der Waals surface area contributed by atoms with Crippen LogP contribution in [0.3, 0.4) is 0 Å². The summed E-state index contributed by atoms with van der Waals surface area (Å²) in [6.07, 6.45) is 3.11. The van der Waals surface area contributed by atoms with Crippen LogP contribution in [0.15, 0.2) is 18.2 Å². The molecule has 1 aromatic carbocycles. The van der Waals surface area contributed by atoms with Crippen molar-refractivity contribution in [2.75, 3.05) is 0 Å². The number of hydrogen-bond acceptors (Lipinski definition) is 2. The van der Waals surface area contributed by atoms with E-state index in [1.54, 1.807) is 0 Å². The third-order valence-corrected chi connectivity index (χ3v) is 3.88. The van der Waals surface area contributed by atoms with Crippen molar-refractivity contribution >= 4 is 0 Å². The molecule has 2 nitrogen and oxygen atoms in total. The molecule has 88 valence electrons. The summed E-state index contributed by atoms with van der Waals surface area (Å²) in [5.74, 6) is 0.411. The molecule has 0 aliphatic heterocycles. The first-order chi connectivity index (χ1) is 7.61. The van der Waals surface area contributed by atoms with Gasteiger partial charge in [0, 0.05) is 0 Å². The highest BCUT2D eigenvalue weighted by Crippen LogP contribution is 2.35. The number of hydrogen-bond donors (Lipinski definition) is 2. The van der Waals surface area contributed by atoms with E-state index in [1.165, 1.54) is 17.5 Å². The van der Waals surface area contributed by atoms with Gasteiger partial charge in [-0.05, 0) is 49.3 Å². The van der Waals surface area contributed by atoms with E-state index in [0.29, 0.717) is 5.92 Å². The molecular formula is C14H21NO. The Balaban J connectivity index is 2.22. The molecule has 1 aliphatic carbocycles. The van der Waals surface area contributed by atoms with Crippen molar-refractivity contribution in [2.45, 2.75) is 45.3 Å². The van der Waals surface area contributed by atoms with Gasteiger partial charge in [-0.25, -0.2) is 0 Å². The molecule has 0 aromatic heterocycles. The summed E-state index contributed by atoms with van der Waals surface area (Å²) in [5.41, 5.74) is 9.70. The zero-order chi connectivity index (χ0) is 11.7. The number of aliphatic hydroxyl groups is 1. The molecule has 1 aromatic rings. The molecule has 0 amide bonds. The first kappa shape index (κ1) is 11.6. The van der Waals surface area contributed by atoms with E-state index in [1.807, 2.05) is 6.07 Å². The standard InChI is InChI=1S/C14H21NO/c1-9-5-3-6-10(2)12(9)13(15)14(16)11-7-4-8-11/h3,5-6,11,13-14,16H,4,7-8,15H2,1-2H3/t13-,14+/m1/s1. The monoisotopic (exact) mass is 219 g/mol. The lowest BCUT2D eigenvalue weighted by atomic mass is 9.76. The minimum atomic E-state index is -0.381. The number of aryl methyl sites for hydroxylation is 2. The lowest BCUT2D eigenvalue weighted by Gasteiger charge is -2.34. The van der Waals surface area contributed by atoms with Gasteiger partial charge in [0.2, 0.25) is 0 Å². The first-order valence-corrected chi connectivity index (χ1v) is 6.11. The van der Waals surface area contributed by atoms with E-state index in [2.05, 4.69) is 26.0 Å². The van der Waals surface area contributed by atoms with Crippen molar-refractivity contribution in [3.05, 3.63) is 34.9 Å². The van der Waals surface area contributed by atoms with E-state index >= 15 is 0 Å². The summed E-state index contributed by atoms with van der Waals surface area (Å²) in [6.45, 7) is 4.13. The number of nitrogens with two attached hydrogens (primary N) is 1. The topological polar surface area (TPSA) is 46.2 Å². The van der Waals surface area contributed by atoms with Crippen LogP contribution < -0.4 is 5.73 Å². The Kier molecular flexibility index (Phi) is 3.31. The smallest absolute Gasteiger partial charge is 0.0761 e. The van der Waals surface area contributed by atoms with Crippen molar-refractivity contribution in [2.24, 2.45) is 11.7 Å². The molecule has 0 unspecified atom stereocenters. The number of benzene rings is 1. The highest BCUT2D eigenvalue weighted by Gasteiger charge is 2.31. The maximum atomic E-state index is 10.2. The molecule has 0 saturated heterocycles. The van der Waals surface area contributed by atoms with Crippen LogP contribution in [-0.4, -0.2) is 11.2 Å². The molecule has 1 fully saturated rings. The van der Waals surface area contributed by atoms with Gasteiger partial charge in [-0.3, -0.25) is 0 Å². The predicted octanol–water partition coefficient (Wildman–Crippen LogP) is 2.46. The maximum absolute atomic E-state index is 10.2. The Morgan fingerprint density at radius 2 is 1.81 bits per heavy atom. The molecule has 1 saturated carbocycles. The summed E-state index contributed by atoms with van der Waals surface area (Å²) in [7, 11) is 0. The minimum absolute atomic E-state index is 0.230. The van der Waals surface area contributed by atoms with Gasteiger partial charge >= 0.3 is 0 Å². The maximum Gasteiger partial charge on any atom is 0.0761 e. The van der Waals surface area contributed by atoms with Crippen molar-refractivity contribution in [1.82, 2.24) is 0 Å². The average molecular weight is 219 g/mol. The summed E-state index contributed by atoms with van der Waals surface area (Å²) >= 11 is 0. The van der Waals surface area contributed by atoms with E-state index in [-0.39, 0.29) is 12.1 Å². The third-order valence-electron chi connectivity index (χ3n) is 3.88. The second-order valence-electron chi connectivity index (χ2n) is 5.01. The van der Waals surface area contributed by atoms with Gasteiger partial charge in [-0.1, -0.05) is 24.6 Å². The molecule has 0 bridgehead atoms. The molecule has 1 aliphatic rings. The molecule has 2 rings (SSSR count). The zero-order valence-corrected chi connectivity index (χ0v) is 10.1. The van der Waals surface area contributed by atoms with Crippen LogP contribution in [0.2, 0.25) is 0 Å².